The number of rotatable bonds is 2. The van der Waals surface area contributed by atoms with Crippen LogP contribution in [0.2, 0.25) is 0 Å². The van der Waals surface area contributed by atoms with Crippen LogP contribution in [0.5, 0.6) is 5.75 Å². The number of hydrogen-bond donors (Lipinski definition) is 1. The second kappa shape index (κ2) is 3.88. The predicted molar refractivity (Wildman–Crippen MR) is 59.4 cm³/mol. The molecule has 0 amide bonds. The zero-order valence-corrected chi connectivity index (χ0v) is 9.24. The standard InChI is InChI=1S/C11H18N2O/c1-11(2,3)13(12)9-6-5-7-10(8-9)14-4/h5-8H,12H2,1-4H3. The van der Waals surface area contributed by atoms with Gasteiger partial charge in [-0.15, -0.1) is 0 Å². The molecule has 3 heteroatoms. The monoisotopic (exact) mass is 194 g/mol. The van der Waals surface area contributed by atoms with Gasteiger partial charge in [-0.05, 0) is 32.9 Å². The van der Waals surface area contributed by atoms with Crippen LogP contribution in [-0.2, 0) is 0 Å². The molecule has 0 aliphatic carbocycles. The number of benzene rings is 1. The van der Waals surface area contributed by atoms with Crippen molar-refractivity contribution in [3.63, 3.8) is 0 Å². The molecule has 0 spiro atoms. The Labute approximate surface area is 85.4 Å². The topological polar surface area (TPSA) is 38.5 Å². The molecule has 1 rings (SSSR count). The Bertz CT molecular complexity index is 304. The van der Waals surface area contributed by atoms with Gasteiger partial charge in [-0.3, -0.25) is 0 Å². The number of hydrazine groups is 1. The van der Waals surface area contributed by atoms with Gasteiger partial charge in [0.2, 0.25) is 0 Å². The minimum Gasteiger partial charge on any atom is -0.497 e. The molecule has 0 fully saturated rings. The van der Waals surface area contributed by atoms with Gasteiger partial charge in [-0.25, -0.2) is 5.84 Å². The minimum absolute atomic E-state index is 0.0909. The van der Waals surface area contributed by atoms with Crippen molar-refractivity contribution in [2.75, 3.05) is 12.1 Å². The van der Waals surface area contributed by atoms with Gasteiger partial charge in [0.15, 0.2) is 0 Å². The molecule has 78 valence electrons. The smallest absolute Gasteiger partial charge is 0.120 e. The van der Waals surface area contributed by atoms with Gasteiger partial charge in [0, 0.05) is 11.6 Å². The fourth-order valence-corrected chi connectivity index (χ4v) is 1.15. The molecular weight excluding hydrogens is 176 g/mol. The zero-order chi connectivity index (χ0) is 10.8. The summed E-state index contributed by atoms with van der Waals surface area (Å²) in [6.07, 6.45) is 0. The second-order valence-corrected chi connectivity index (χ2v) is 4.24. The van der Waals surface area contributed by atoms with Crippen LogP contribution in [-0.4, -0.2) is 12.6 Å². The van der Waals surface area contributed by atoms with E-state index < -0.39 is 0 Å². The highest BCUT2D eigenvalue weighted by Crippen LogP contribution is 2.23. The van der Waals surface area contributed by atoms with E-state index in [1.54, 1.807) is 12.1 Å². The molecule has 0 saturated heterocycles. The molecule has 0 unspecified atom stereocenters. The van der Waals surface area contributed by atoms with Crippen molar-refractivity contribution in [2.45, 2.75) is 26.3 Å². The number of hydrogen-bond acceptors (Lipinski definition) is 3. The summed E-state index contributed by atoms with van der Waals surface area (Å²) in [5.41, 5.74) is 0.865. The average Bonchev–Trinajstić information content (AvgIpc) is 2.15. The van der Waals surface area contributed by atoms with Gasteiger partial charge in [-0.1, -0.05) is 6.07 Å². The van der Waals surface area contributed by atoms with E-state index in [1.165, 1.54) is 0 Å². The lowest BCUT2D eigenvalue weighted by molar-refractivity contribution is 0.414. The lowest BCUT2D eigenvalue weighted by Crippen LogP contribution is -2.46. The fraction of sp³-hybridized carbons (Fsp3) is 0.455. The van der Waals surface area contributed by atoms with Crippen molar-refractivity contribution in [1.82, 2.24) is 0 Å². The maximum absolute atomic E-state index is 5.97. The van der Waals surface area contributed by atoms with Crippen molar-refractivity contribution in [3.05, 3.63) is 24.3 Å². The van der Waals surface area contributed by atoms with E-state index >= 15 is 0 Å². The summed E-state index contributed by atoms with van der Waals surface area (Å²) in [4.78, 5) is 0. The number of nitrogens with zero attached hydrogens (tertiary/aromatic N) is 1. The van der Waals surface area contributed by atoms with E-state index in [0.717, 1.165) is 11.4 Å². The van der Waals surface area contributed by atoms with Crippen molar-refractivity contribution in [1.29, 1.82) is 0 Å². The predicted octanol–water partition coefficient (Wildman–Crippen LogP) is 2.17. The zero-order valence-electron chi connectivity index (χ0n) is 9.24. The third kappa shape index (κ3) is 2.39. The van der Waals surface area contributed by atoms with E-state index in [9.17, 15) is 0 Å². The first-order valence-electron chi connectivity index (χ1n) is 4.64. The third-order valence-electron chi connectivity index (χ3n) is 2.05. The number of nitrogens with two attached hydrogens (primary N) is 1. The molecule has 14 heavy (non-hydrogen) atoms. The first kappa shape index (κ1) is 10.9. The summed E-state index contributed by atoms with van der Waals surface area (Å²) in [5, 5.41) is 1.73. The molecule has 0 radical (unpaired) electrons. The van der Waals surface area contributed by atoms with Crippen LogP contribution in [0.1, 0.15) is 20.8 Å². The largest absolute Gasteiger partial charge is 0.497 e. The SMILES string of the molecule is COc1cccc(N(N)C(C)(C)C)c1. The molecule has 0 aliphatic heterocycles. The lowest BCUT2D eigenvalue weighted by Gasteiger charge is -2.33. The molecule has 0 heterocycles. The Morgan fingerprint density at radius 2 is 1.93 bits per heavy atom. The van der Waals surface area contributed by atoms with Gasteiger partial charge in [0.05, 0.1) is 12.8 Å². The van der Waals surface area contributed by atoms with Crippen molar-refractivity contribution in [2.24, 2.45) is 5.84 Å². The summed E-state index contributed by atoms with van der Waals surface area (Å²) in [5.74, 6) is 6.79. The molecule has 0 aliphatic rings. The van der Waals surface area contributed by atoms with Crippen molar-refractivity contribution >= 4 is 5.69 Å². The van der Waals surface area contributed by atoms with Crippen LogP contribution >= 0.6 is 0 Å². The first-order valence-corrected chi connectivity index (χ1v) is 4.64. The highest BCUT2D eigenvalue weighted by atomic mass is 16.5. The lowest BCUT2D eigenvalue weighted by atomic mass is 10.1. The van der Waals surface area contributed by atoms with Crippen LogP contribution in [0.25, 0.3) is 0 Å². The van der Waals surface area contributed by atoms with E-state index in [-0.39, 0.29) is 5.54 Å². The quantitative estimate of drug-likeness (QED) is 0.579. The summed E-state index contributed by atoms with van der Waals surface area (Å²) < 4.78 is 5.14. The summed E-state index contributed by atoms with van der Waals surface area (Å²) in [6, 6.07) is 7.72. The Morgan fingerprint density at radius 1 is 1.29 bits per heavy atom. The molecule has 1 aromatic carbocycles. The summed E-state index contributed by atoms with van der Waals surface area (Å²) >= 11 is 0. The third-order valence-corrected chi connectivity index (χ3v) is 2.05. The highest BCUT2D eigenvalue weighted by Gasteiger charge is 2.18. The summed E-state index contributed by atoms with van der Waals surface area (Å²) in [6.45, 7) is 6.19. The normalized spacial score (nSPS) is 11.2. The average molecular weight is 194 g/mol. The van der Waals surface area contributed by atoms with Crippen LogP contribution < -0.4 is 15.6 Å². The maximum atomic E-state index is 5.97. The van der Waals surface area contributed by atoms with E-state index in [1.807, 2.05) is 24.3 Å². The molecule has 0 aromatic heterocycles. The van der Waals surface area contributed by atoms with E-state index in [2.05, 4.69) is 20.8 Å². The Balaban J connectivity index is 2.95. The Morgan fingerprint density at radius 3 is 2.43 bits per heavy atom. The van der Waals surface area contributed by atoms with Gasteiger partial charge < -0.3 is 9.75 Å². The van der Waals surface area contributed by atoms with Gasteiger partial charge in [0.25, 0.3) is 0 Å². The molecule has 1 aromatic rings. The molecule has 0 atom stereocenters. The second-order valence-electron chi connectivity index (χ2n) is 4.24. The molecule has 0 bridgehead atoms. The first-order chi connectivity index (χ1) is 6.45. The van der Waals surface area contributed by atoms with E-state index in [4.69, 9.17) is 10.6 Å². The number of anilines is 1. The molecule has 3 nitrogen and oxygen atoms in total. The molecular formula is C11H18N2O. The number of ether oxygens (including phenoxy) is 1. The van der Waals surface area contributed by atoms with E-state index in [0.29, 0.717) is 0 Å². The fourth-order valence-electron chi connectivity index (χ4n) is 1.15. The van der Waals surface area contributed by atoms with Crippen LogP contribution in [0.4, 0.5) is 5.69 Å². The maximum Gasteiger partial charge on any atom is 0.120 e. The Hall–Kier alpha value is -1.22. The minimum atomic E-state index is -0.0909. The molecule has 0 saturated carbocycles. The van der Waals surface area contributed by atoms with Crippen LogP contribution in [0, 0.1) is 0 Å². The van der Waals surface area contributed by atoms with Crippen LogP contribution in [0.3, 0.4) is 0 Å². The summed E-state index contributed by atoms with van der Waals surface area (Å²) in [7, 11) is 1.65. The highest BCUT2D eigenvalue weighted by molar-refractivity contribution is 5.51. The Kier molecular flexibility index (Phi) is 3.01. The van der Waals surface area contributed by atoms with Gasteiger partial charge in [-0.2, -0.15) is 0 Å². The number of methoxy groups -OCH3 is 1. The van der Waals surface area contributed by atoms with Crippen molar-refractivity contribution < 1.29 is 4.74 Å². The van der Waals surface area contributed by atoms with Crippen LogP contribution in [0.15, 0.2) is 24.3 Å². The van der Waals surface area contributed by atoms with Crippen molar-refractivity contribution in [3.8, 4) is 5.75 Å². The van der Waals surface area contributed by atoms with Gasteiger partial charge in [0.1, 0.15) is 5.75 Å². The van der Waals surface area contributed by atoms with Gasteiger partial charge >= 0.3 is 0 Å². The molecule has 2 N–H and O–H groups in total.